The molecule has 1 heterocycles. The lowest BCUT2D eigenvalue weighted by atomic mass is 10.0. The van der Waals surface area contributed by atoms with Crippen LogP contribution in [0.3, 0.4) is 0 Å². The Bertz CT molecular complexity index is 992. The third kappa shape index (κ3) is 3.40. The standard InChI is InChI=1S/C20H20N2O3/c1-12-8-9-18(25-3)16(10-12)13(2)21-20(24)17-11-14-6-4-5-7-15(14)19(23)22-17/h4-11,13H,1-3H3,(H,21,24)(H,22,23). The summed E-state index contributed by atoms with van der Waals surface area (Å²) in [5, 5.41) is 4.21. The van der Waals surface area contributed by atoms with Gasteiger partial charge in [0.25, 0.3) is 11.5 Å². The Hall–Kier alpha value is -3.08. The van der Waals surface area contributed by atoms with Gasteiger partial charge in [0, 0.05) is 10.9 Å². The highest BCUT2D eigenvalue weighted by Crippen LogP contribution is 2.26. The second-order valence-corrected chi connectivity index (χ2v) is 6.04. The molecule has 1 atom stereocenters. The molecule has 0 aliphatic carbocycles. The van der Waals surface area contributed by atoms with E-state index in [0.717, 1.165) is 16.5 Å². The molecule has 2 N–H and O–H groups in total. The van der Waals surface area contributed by atoms with E-state index in [1.54, 1.807) is 25.3 Å². The van der Waals surface area contributed by atoms with Crippen molar-refractivity contribution in [3.05, 3.63) is 75.7 Å². The van der Waals surface area contributed by atoms with Gasteiger partial charge in [-0.1, -0.05) is 35.9 Å². The highest BCUT2D eigenvalue weighted by atomic mass is 16.5. The smallest absolute Gasteiger partial charge is 0.268 e. The maximum atomic E-state index is 12.6. The minimum absolute atomic E-state index is 0.238. The predicted molar refractivity (Wildman–Crippen MR) is 98.2 cm³/mol. The van der Waals surface area contributed by atoms with Gasteiger partial charge < -0.3 is 15.0 Å². The molecule has 0 radical (unpaired) electrons. The van der Waals surface area contributed by atoms with Crippen molar-refractivity contribution in [3.8, 4) is 5.75 Å². The minimum Gasteiger partial charge on any atom is -0.496 e. The van der Waals surface area contributed by atoms with Gasteiger partial charge >= 0.3 is 0 Å². The van der Waals surface area contributed by atoms with Crippen molar-refractivity contribution < 1.29 is 9.53 Å². The van der Waals surface area contributed by atoms with Crippen LogP contribution in [0.5, 0.6) is 5.75 Å². The second-order valence-electron chi connectivity index (χ2n) is 6.04. The van der Waals surface area contributed by atoms with Crippen molar-refractivity contribution in [3.63, 3.8) is 0 Å². The number of benzene rings is 2. The number of aromatic amines is 1. The number of hydrogen-bond acceptors (Lipinski definition) is 3. The monoisotopic (exact) mass is 336 g/mol. The Balaban J connectivity index is 1.90. The average molecular weight is 336 g/mol. The number of carbonyl (C=O) groups excluding carboxylic acids is 1. The minimum atomic E-state index is -0.334. The molecule has 3 aromatic rings. The first-order valence-electron chi connectivity index (χ1n) is 8.07. The summed E-state index contributed by atoms with van der Waals surface area (Å²) < 4.78 is 5.38. The normalized spacial score (nSPS) is 12.0. The van der Waals surface area contributed by atoms with E-state index in [-0.39, 0.29) is 23.2 Å². The van der Waals surface area contributed by atoms with Crippen LogP contribution in [0.2, 0.25) is 0 Å². The van der Waals surface area contributed by atoms with Crippen LogP contribution in [0.25, 0.3) is 10.8 Å². The molecule has 1 aromatic heterocycles. The Kier molecular flexibility index (Phi) is 4.57. The Morgan fingerprint density at radius 2 is 1.92 bits per heavy atom. The van der Waals surface area contributed by atoms with Crippen molar-refractivity contribution in [2.24, 2.45) is 0 Å². The molecule has 5 nitrogen and oxygen atoms in total. The quantitative estimate of drug-likeness (QED) is 0.767. The molecule has 0 aliphatic heterocycles. The lowest BCUT2D eigenvalue weighted by Gasteiger charge is -2.18. The molecular formula is C20H20N2O3. The predicted octanol–water partition coefficient (Wildman–Crippen LogP) is 3.34. The fourth-order valence-corrected chi connectivity index (χ4v) is 2.88. The summed E-state index contributed by atoms with van der Waals surface area (Å²) in [6, 6.07) is 14.4. The summed E-state index contributed by atoms with van der Waals surface area (Å²) in [6.07, 6.45) is 0. The molecule has 5 heteroatoms. The lowest BCUT2D eigenvalue weighted by molar-refractivity contribution is 0.0934. The van der Waals surface area contributed by atoms with Crippen molar-refractivity contribution in [2.75, 3.05) is 7.11 Å². The molecule has 0 saturated heterocycles. The van der Waals surface area contributed by atoms with Gasteiger partial charge in [-0.25, -0.2) is 0 Å². The topological polar surface area (TPSA) is 71.2 Å². The zero-order chi connectivity index (χ0) is 18.0. The summed E-state index contributed by atoms with van der Waals surface area (Å²) in [5.41, 5.74) is 1.93. The molecule has 3 rings (SSSR count). The number of ether oxygens (including phenoxy) is 1. The molecule has 0 saturated carbocycles. The third-order valence-electron chi connectivity index (χ3n) is 4.20. The molecular weight excluding hydrogens is 316 g/mol. The highest BCUT2D eigenvalue weighted by molar-refractivity contribution is 5.96. The van der Waals surface area contributed by atoms with Gasteiger partial charge in [0.2, 0.25) is 0 Å². The zero-order valence-electron chi connectivity index (χ0n) is 14.4. The SMILES string of the molecule is COc1ccc(C)cc1C(C)NC(=O)c1cc2ccccc2c(=O)[nH]1. The summed E-state index contributed by atoms with van der Waals surface area (Å²) in [4.78, 5) is 27.4. The van der Waals surface area contributed by atoms with Gasteiger partial charge in [0.1, 0.15) is 11.4 Å². The summed E-state index contributed by atoms with van der Waals surface area (Å²) >= 11 is 0. The first-order valence-corrected chi connectivity index (χ1v) is 8.07. The van der Waals surface area contributed by atoms with E-state index < -0.39 is 0 Å². The van der Waals surface area contributed by atoms with Crippen LogP contribution in [0.4, 0.5) is 0 Å². The van der Waals surface area contributed by atoms with E-state index in [2.05, 4.69) is 10.3 Å². The number of pyridine rings is 1. The number of aromatic nitrogens is 1. The Labute approximate surface area is 145 Å². The van der Waals surface area contributed by atoms with Gasteiger partial charge in [0.15, 0.2) is 0 Å². The number of nitrogens with one attached hydrogen (secondary N) is 2. The Morgan fingerprint density at radius 3 is 2.68 bits per heavy atom. The summed E-state index contributed by atoms with van der Waals surface area (Å²) in [6.45, 7) is 3.87. The molecule has 0 spiro atoms. The Morgan fingerprint density at radius 1 is 1.16 bits per heavy atom. The van der Waals surface area contributed by atoms with Gasteiger partial charge in [-0.05, 0) is 37.4 Å². The van der Waals surface area contributed by atoms with E-state index in [1.807, 2.05) is 44.2 Å². The van der Waals surface area contributed by atoms with Crippen LogP contribution >= 0.6 is 0 Å². The van der Waals surface area contributed by atoms with Crippen LogP contribution in [0.1, 0.15) is 34.6 Å². The fourth-order valence-electron chi connectivity index (χ4n) is 2.88. The molecule has 0 bridgehead atoms. The number of rotatable bonds is 4. The van der Waals surface area contributed by atoms with Crippen molar-refractivity contribution in [1.82, 2.24) is 10.3 Å². The molecule has 1 amide bonds. The maximum absolute atomic E-state index is 12.6. The maximum Gasteiger partial charge on any atom is 0.268 e. The van der Waals surface area contributed by atoms with E-state index >= 15 is 0 Å². The molecule has 0 fully saturated rings. The van der Waals surface area contributed by atoms with Crippen LogP contribution in [-0.4, -0.2) is 18.0 Å². The van der Waals surface area contributed by atoms with E-state index in [4.69, 9.17) is 4.74 Å². The van der Waals surface area contributed by atoms with Gasteiger partial charge in [-0.15, -0.1) is 0 Å². The second kappa shape index (κ2) is 6.81. The number of amides is 1. The summed E-state index contributed by atoms with van der Waals surface area (Å²) in [5.74, 6) is 0.379. The highest BCUT2D eigenvalue weighted by Gasteiger charge is 2.16. The van der Waals surface area contributed by atoms with E-state index in [1.165, 1.54) is 0 Å². The molecule has 25 heavy (non-hydrogen) atoms. The zero-order valence-corrected chi connectivity index (χ0v) is 14.4. The number of carbonyl (C=O) groups is 1. The number of H-pyrrole nitrogens is 1. The first-order chi connectivity index (χ1) is 12.0. The van der Waals surface area contributed by atoms with Crippen LogP contribution in [-0.2, 0) is 0 Å². The molecule has 128 valence electrons. The fraction of sp³-hybridized carbons (Fsp3) is 0.200. The van der Waals surface area contributed by atoms with Gasteiger partial charge in [-0.2, -0.15) is 0 Å². The number of hydrogen-bond donors (Lipinski definition) is 2. The number of fused-ring (bicyclic) bond motifs is 1. The largest absolute Gasteiger partial charge is 0.496 e. The van der Waals surface area contributed by atoms with Gasteiger partial charge in [-0.3, -0.25) is 9.59 Å². The molecule has 0 aliphatic rings. The van der Waals surface area contributed by atoms with Crippen LogP contribution in [0.15, 0.2) is 53.3 Å². The number of methoxy groups -OCH3 is 1. The van der Waals surface area contributed by atoms with Gasteiger partial charge in [0.05, 0.1) is 13.2 Å². The molecule has 2 aromatic carbocycles. The van der Waals surface area contributed by atoms with Crippen molar-refractivity contribution in [1.29, 1.82) is 0 Å². The van der Waals surface area contributed by atoms with E-state index in [0.29, 0.717) is 11.1 Å². The number of aryl methyl sites for hydroxylation is 1. The van der Waals surface area contributed by atoms with Crippen LogP contribution in [0, 0.1) is 6.92 Å². The van der Waals surface area contributed by atoms with E-state index in [9.17, 15) is 9.59 Å². The first kappa shape index (κ1) is 16.8. The summed E-state index contributed by atoms with van der Waals surface area (Å²) in [7, 11) is 1.60. The molecule has 1 unspecified atom stereocenters. The third-order valence-corrected chi connectivity index (χ3v) is 4.20. The average Bonchev–Trinajstić information content (AvgIpc) is 2.61. The van der Waals surface area contributed by atoms with Crippen molar-refractivity contribution >= 4 is 16.7 Å². The lowest BCUT2D eigenvalue weighted by Crippen LogP contribution is -2.29. The van der Waals surface area contributed by atoms with Crippen LogP contribution < -0.4 is 15.6 Å². The van der Waals surface area contributed by atoms with Crippen molar-refractivity contribution in [2.45, 2.75) is 19.9 Å².